The van der Waals surface area contributed by atoms with Gasteiger partial charge in [-0.15, -0.1) is 0 Å². The van der Waals surface area contributed by atoms with Crippen LogP contribution in [0.4, 0.5) is 8.78 Å². The van der Waals surface area contributed by atoms with E-state index in [1.54, 1.807) is 24.3 Å². The smallest absolute Gasteiger partial charge is 0.201 e. The minimum absolute atomic E-state index is 0.277. The number of benzene rings is 2. The second-order valence-corrected chi connectivity index (χ2v) is 4.60. The number of Topliss-reactive ketones (excluding diaryl/α,β-unsaturated/α-hetero) is 1. The highest BCUT2D eigenvalue weighted by Crippen LogP contribution is 2.20. The molecular weight excluding hydrogens is 318 g/mol. The molecule has 0 aliphatic rings. The maximum absolute atomic E-state index is 13.3. The van der Waals surface area contributed by atoms with E-state index in [0.29, 0.717) is 10.0 Å². The second-order valence-electron chi connectivity index (χ2n) is 3.74. The molecule has 5 heteroatoms. The van der Waals surface area contributed by atoms with Crippen LogP contribution >= 0.6 is 15.9 Å². The Morgan fingerprint density at radius 2 is 1.84 bits per heavy atom. The van der Waals surface area contributed by atoms with Crippen molar-refractivity contribution in [2.24, 2.45) is 0 Å². The summed E-state index contributed by atoms with van der Waals surface area (Å²) >= 11 is 3.24. The van der Waals surface area contributed by atoms with E-state index >= 15 is 0 Å². The van der Waals surface area contributed by atoms with Gasteiger partial charge in [-0.25, -0.2) is 4.39 Å². The number of ether oxygens (including phenoxy) is 1. The summed E-state index contributed by atoms with van der Waals surface area (Å²) in [7, 11) is 0. The average Bonchev–Trinajstić information content (AvgIpc) is 2.40. The third-order valence-corrected chi connectivity index (χ3v) is 3.14. The molecule has 0 saturated carbocycles. The fourth-order valence-corrected chi connectivity index (χ4v) is 2.01. The number of rotatable bonds is 4. The molecule has 0 fully saturated rings. The van der Waals surface area contributed by atoms with Gasteiger partial charge in [0.15, 0.2) is 18.2 Å². The van der Waals surface area contributed by atoms with Gasteiger partial charge >= 0.3 is 0 Å². The molecule has 0 amide bonds. The number of carbonyl (C=O) groups excluding carboxylic acids is 1. The first-order chi connectivity index (χ1) is 9.09. The van der Waals surface area contributed by atoms with Crippen LogP contribution in [0.25, 0.3) is 0 Å². The quantitative estimate of drug-likeness (QED) is 0.794. The molecule has 2 aromatic rings. The van der Waals surface area contributed by atoms with Gasteiger partial charge < -0.3 is 4.74 Å². The molecule has 0 bridgehead atoms. The Morgan fingerprint density at radius 1 is 1.11 bits per heavy atom. The Hall–Kier alpha value is -1.75. The minimum atomic E-state index is -1.09. The number of hydrogen-bond acceptors (Lipinski definition) is 2. The molecule has 0 aliphatic heterocycles. The van der Waals surface area contributed by atoms with Gasteiger partial charge in [0.2, 0.25) is 11.6 Å². The lowest BCUT2D eigenvalue weighted by atomic mass is 10.1. The highest BCUT2D eigenvalue weighted by Gasteiger charge is 2.13. The molecule has 2 nitrogen and oxygen atoms in total. The van der Waals surface area contributed by atoms with Crippen molar-refractivity contribution in [1.29, 1.82) is 0 Å². The molecule has 0 N–H and O–H groups in total. The molecule has 98 valence electrons. The highest BCUT2D eigenvalue weighted by molar-refractivity contribution is 9.10. The third kappa shape index (κ3) is 3.17. The van der Waals surface area contributed by atoms with Gasteiger partial charge in [0.25, 0.3) is 0 Å². The number of hydrogen-bond donors (Lipinski definition) is 0. The van der Waals surface area contributed by atoms with Crippen LogP contribution in [0.2, 0.25) is 0 Å². The molecule has 0 radical (unpaired) electrons. The Kier molecular flexibility index (Phi) is 4.27. The van der Waals surface area contributed by atoms with E-state index < -0.39 is 11.6 Å². The van der Waals surface area contributed by atoms with Gasteiger partial charge in [-0.05, 0) is 18.2 Å². The van der Waals surface area contributed by atoms with Crippen LogP contribution in [-0.2, 0) is 0 Å². The fourth-order valence-electron chi connectivity index (χ4n) is 1.50. The number of ketones is 1. The predicted molar refractivity (Wildman–Crippen MR) is 70.3 cm³/mol. The second kappa shape index (κ2) is 5.93. The van der Waals surface area contributed by atoms with Crippen LogP contribution in [0.3, 0.4) is 0 Å². The zero-order valence-corrected chi connectivity index (χ0v) is 11.3. The predicted octanol–water partition coefficient (Wildman–Crippen LogP) is 3.99. The minimum Gasteiger partial charge on any atom is -0.482 e. The van der Waals surface area contributed by atoms with Crippen LogP contribution in [0.1, 0.15) is 10.4 Å². The average molecular weight is 327 g/mol. The summed E-state index contributed by atoms with van der Waals surface area (Å²) < 4.78 is 31.9. The summed E-state index contributed by atoms with van der Waals surface area (Å²) in [6.07, 6.45) is 0. The first-order valence-corrected chi connectivity index (χ1v) is 6.23. The standard InChI is InChI=1S/C14H9BrF2O2/c15-10-5-2-1-4-9(10)12(18)8-19-13-7-3-6-11(16)14(13)17/h1-7H,8H2. The van der Waals surface area contributed by atoms with E-state index in [9.17, 15) is 13.6 Å². The van der Waals surface area contributed by atoms with Crippen LogP contribution < -0.4 is 4.74 Å². The van der Waals surface area contributed by atoms with Crippen LogP contribution in [0.15, 0.2) is 46.9 Å². The third-order valence-electron chi connectivity index (χ3n) is 2.45. The monoisotopic (exact) mass is 326 g/mol. The van der Waals surface area contributed by atoms with Crippen LogP contribution in [0, 0.1) is 11.6 Å². The summed E-state index contributed by atoms with van der Waals surface area (Å²) in [6.45, 7) is -0.358. The largest absolute Gasteiger partial charge is 0.482 e. The van der Waals surface area contributed by atoms with Gasteiger partial charge in [0, 0.05) is 10.0 Å². The summed E-state index contributed by atoms with van der Waals surface area (Å²) in [6, 6.07) is 10.4. The Labute approximate surface area is 117 Å². The molecule has 0 saturated heterocycles. The van der Waals surface area contributed by atoms with E-state index in [0.717, 1.165) is 6.07 Å². The van der Waals surface area contributed by atoms with Crippen molar-refractivity contribution in [2.75, 3.05) is 6.61 Å². The van der Waals surface area contributed by atoms with Crippen molar-refractivity contribution in [3.8, 4) is 5.75 Å². The maximum atomic E-state index is 13.3. The lowest BCUT2D eigenvalue weighted by molar-refractivity contribution is 0.0917. The molecular formula is C14H9BrF2O2. The van der Waals surface area contributed by atoms with Crippen molar-refractivity contribution >= 4 is 21.7 Å². The van der Waals surface area contributed by atoms with Crippen molar-refractivity contribution in [2.45, 2.75) is 0 Å². The number of carbonyl (C=O) groups is 1. The Balaban J connectivity index is 2.09. The van der Waals surface area contributed by atoms with Crippen molar-refractivity contribution in [1.82, 2.24) is 0 Å². The lowest BCUT2D eigenvalue weighted by Crippen LogP contribution is -2.13. The summed E-state index contributed by atoms with van der Waals surface area (Å²) in [5.41, 5.74) is 0.430. The van der Waals surface area contributed by atoms with Crippen LogP contribution in [-0.4, -0.2) is 12.4 Å². The molecule has 0 spiro atoms. The number of halogens is 3. The Bertz CT molecular complexity index is 614. The Morgan fingerprint density at radius 3 is 2.58 bits per heavy atom. The zero-order valence-electron chi connectivity index (χ0n) is 9.70. The zero-order chi connectivity index (χ0) is 13.8. The molecule has 2 rings (SSSR count). The fraction of sp³-hybridized carbons (Fsp3) is 0.0714. The molecule has 0 heterocycles. The van der Waals surface area contributed by atoms with E-state index in [4.69, 9.17) is 4.74 Å². The van der Waals surface area contributed by atoms with E-state index in [1.807, 2.05) is 0 Å². The van der Waals surface area contributed by atoms with Gasteiger partial charge in [0.05, 0.1) is 0 Å². The SMILES string of the molecule is O=C(COc1cccc(F)c1F)c1ccccc1Br. The summed E-state index contributed by atoms with van der Waals surface area (Å²) in [5.74, 6) is -2.70. The lowest BCUT2D eigenvalue weighted by Gasteiger charge is -2.07. The van der Waals surface area contributed by atoms with Crippen LogP contribution in [0.5, 0.6) is 5.75 Å². The first kappa shape index (κ1) is 13.7. The topological polar surface area (TPSA) is 26.3 Å². The van der Waals surface area contributed by atoms with E-state index in [-0.39, 0.29) is 18.1 Å². The van der Waals surface area contributed by atoms with Crippen molar-refractivity contribution < 1.29 is 18.3 Å². The maximum Gasteiger partial charge on any atom is 0.201 e. The normalized spacial score (nSPS) is 10.3. The van der Waals surface area contributed by atoms with Crippen molar-refractivity contribution in [3.63, 3.8) is 0 Å². The molecule has 19 heavy (non-hydrogen) atoms. The van der Waals surface area contributed by atoms with Gasteiger partial charge in [-0.1, -0.05) is 40.2 Å². The first-order valence-electron chi connectivity index (χ1n) is 5.44. The summed E-state index contributed by atoms with van der Waals surface area (Å²) in [5, 5.41) is 0. The molecule has 0 atom stereocenters. The van der Waals surface area contributed by atoms with E-state index in [1.165, 1.54) is 12.1 Å². The molecule has 0 aliphatic carbocycles. The van der Waals surface area contributed by atoms with Gasteiger partial charge in [0.1, 0.15) is 0 Å². The van der Waals surface area contributed by atoms with Crippen molar-refractivity contribution in [3.05, 3.63) is 64.1 Å². The molecule has 0 unspecified atom stereocenters. The summed E-state index contributed by atoms with van der Waals surface area (Å²) in [4.78, 5) is 11.9. The van der Waals surface area contributed by atoms with Gasteiger partial charge in [-0.3, -0.25) is 4.79 Å². The van der Waals surface area contributed by atoms with Gasteiger partial charge in [-0.2, -0.15) is 4.39 Å². The highest BCUT2D eigenvalue weighted by atomic mass is 79.9. The molecule has 2 aromatic carbocycles. The molecule has 0 aromatic heterocycles. The van der Waals surface area contributed by atoms with E-state index in [2.05, 4.69) is 15.9 Å².